The van der Waals surface area contributed by atoms with Crippen molar-refractivity contribution in [1.82, 2.24) is 10.3 Å². The third-order valence-corrected chi connectivity index (χ3v) is 4.14. The molecule has 1 heterocycles. The second-order valence-corrected chi connectivity index (χ2v) is 5.20. The second kappa shape index (κ2) is 4.41. The number of rotatable bonds is 4. The SMILES string of the molecule is CCCC(C)(NC)c1nc(C)c(C)s1. The van der Waals surface area contributed by atoms with Crippen molar-refractivity contribution in [3.05, 3.63) is 15.6 Å². The molecule has 1 aromatic rings. The molecule has 0 fully saturated rings. The molecule has 0 saturated heterocycles. The van der Waals surface area contributed by atoms with Crippen LogP contribution in [0.5, 0.6) is 0 Å². The van der Waals surface area contributed by atoms with E-state index in [0.717, 1.165) is 6.42 Å². The van der Waals surface area contributed by atoms with Crippen molar-refractivity contribution in [2.75, 3.05) is 7.05 Å². The lowest BCUT2D eigenvalue weighted by Crippen LogP contribution is -2.36. The monoisotopic (exact) mass is 212 g/mol. The molecule has 0 aliphatic heterocycles. The summed E-state index contributed by atoms with van der Waals surface area (Å²) in [6, 6.07) is 0. The van der Waals surface area contributed by atoms with Gasteiger partial charge in [-0.15, -0.1) is 11.3 Å². The van der Waals surface area contributed by atoms with E-state index in [1.807, 2.05) is 18.4 Å². The number of aryl methyl sites for hydroxylation is 2. The zero-order valence-corrected chi connectivity index (χ0v) is 10.6. The maximum absolute atomic E-state index is 4.63. The van der Waals surface area contributed by atoms with Crippen LogP contribution in [-0.2, 0) is 5.54 Å². The van der Waals surface area contributed by atoms with Crippen molar-refractivity contribution in [2.24, 2.45) is 0 Å². The van der Waals surface area contributed by atoms with E-state index in [1.54, 1.807) is 0 Å². The van der Waals surface area contributed by atoms with Crippen LogP contribution in [0.15, 0.2) is 0 Å². The maximum atomic E-state index is 4.63. The van der Waals surface area contributed by atoms with Crippen molar-refractivity contribution < 1.29 is 0 Å². The molecule has 3 heteroatoms. The summed E-state index contributed by atoms with van der Waals surface area (Å²) in [5.74, 6) is 0. The van der Waals surface area contributed by atoms with E-state index >= 15 is 0 Å². The van der Waals surface area contributed by atoms with Crippen molar-refractivity contribution in [1.29, 1.82) is 0 Å². The Hall–Kier alpha value is -0.410. The Kier molecular flexibility index (Phi) is 3.67. The molecule has 1 atom stereocenters. The fraction of sp³-hybridized carbons (Fsp3) is 0.727. The summed E-state index contributed by atoms with van der Waals surface area (Å²) in [7, 11) is 2.02. The van der Waals surface area contributed by atoms with E-state index in [1.165, 1.54) is 22.0 Å². The summed E-state index contributed by atoms with van der Waals surface area (Å²) in [6.07, 6.45) is 2.31. The molecule has 2 nitrogen and oxygen atoms in total. The van der Waals surface area contributed by atoms with E-state index in [9.17, 15) is 0 Å². The van der Waals surface area contributed by atoms with Gasteiger partial charge in [0.15, 0.2) is 0 Å². The van der Waals surface area contributed by atoms with Crippen LogP contribution in [0.25, 0.3) is 0 Å². The van der Waals surface area contributed by atoms with Gasteiger partial charge < -0.3 is 5.32 Å². The fourth-order valence-electron chi connectivity index (χ4n) is 1.55. The number of nitrogens with zero attached hydrogens (tertiary/aromatic N) is 1. The predicted octanol–water partition coefficient (Wildman–Crippen LogP) is 2.99. The van der Waals surface area contributed by atoms with Gasteiger partial charge in [0.05, 0.1) is 11.2 Å². The minimum atomic E-state index is 0.0540. The summed E-state index contributed by atoms with van der Waals surface area (Å²) in [5.41, 5.74) is 1.22. The first-order valence-electron chi connectivity index (χ1n) is 5.17. The van der Waals surface area contributed by atoms with E-state index < -0.39 is 0 Å². The molecule has 1 aromatic heterocycles. The van der Waals surface area contributed by atoms with Crippen LogP contribution < -0.4 is 5.32 Å². The topological polar surface area (TPSA) is 24.9 Å². The highest BCUT2D eigenvalue weighted by Gasteiger charge is 2.27. The number of thiazole rings is 1. The number of hydrogen-bond acceptors (Lipinski definition) is 3. The molecule has 14 heavy (non-hydrogen) atoms. The van der Waals surface area contributed by atoms with Crippen LogP contribution in [0.4, 0.5) is 0 Å². The van der Waals surface area contributed by atoms with Crippen molar-refractivity contribution >= 4 is 11.3 Å². The molecule has 0 aliphatic carbocycles. The van der Waals surface area contributed by atoms with E-state index in [4.69, 9.17) is 0 Å². The van der Waals surface area contributed by atoms with Crippen LogP contribution in [0.3, 0.4) is 0 Å². The molecular formula is C11H20N2S. The summed E-state index contributed by atoms with van der Waals surface area (Å²) < 4.78 is 0. The van der Waals surface area contributed by atoms with Gasteiger partial charge in [0.25, 0.3) is 0 Å². The predicted molar refractivity (Wildman–Crippen MR) is 62.9 cm³/mol. The lowest BCUT2D eigenvalue weighted by atomic mass is 9.97. The molecule has 80 valence electrons. The third-order valence-electron chi connectivity index (χ3n) is 2.80. The Morgan fingerprint density at radius 1 is 1.43 bits per heavy atom. The zero-order valence-electron chi connectivity index (χ0n) is 9.77. The Morgan fingerprint density at radius 3 is 2.43 bits per heavy atom. The van der Waals surface area contributed by atoms with Gasteiger partial charge in [-0.1, -0.05) is 13.3 Å². The lowest BCUT2D eigenvalue weighted by Gasteiger charge is -2.26. The Balaban J connectivity index is 2.99. The molecule has 0 amide bonds. The average Bonchev–Trinajstić information content (AvgIpc) is 2.48. The quantitative estimate of drug-likeness (QED) is 0.830. The van der Waals surface area contributed by atoms with Crippen LogP contribution in [0.1, 0.15) is 42.3 Å². The number of aromatic nitrogens is 1. The molecule has 0 bridgehead atoms. The Bertz CT molecular complexity index is 287. The van der Waals surface area contributed by atoms with Gasteiger partial charge in [-0.05, 0) is 34.2 Å². The van der Waals surface area contributed by atoms with Gasteiger partial charge in [0, 0.05) is 4.88 Å². The highest BCUT2D eigenvalue weighted by molar-refractivity contribution is 7.11. The summed E-state index contributed by atoms with van der Waals surface area (Å²) in [6.45, 7) is 8.66. The largest absolute Gasteiger partial charge is 0.309 e. The standard InChI is InChI=1S/C11H20N2S/c1-6-7-11(4,12-5)10-13-8(2)9(3)14-10/h12H,6-7H2,1-5H3. The molecule has 0 saturated carbocycles. The molecule has 0 radical (unpaired) electrons. The van der Waals surface area contributed by atoms with E-state index in [2.05, 4.69) is 38.0 Å². The highest BCUT2D eigenvalue weighted by Crippen LogP contribution is 2.30. The highest BCUT2D eigenvalue weighted by atomic mass is 32.1. The van der Waals surface area contributed by atoms with Gasteiger partial charge >= 0.3 is 0 Å². The van der Waals surface area contributed by atoms with Gasteiger partial charge in [0.2, 0.25) is 0 Å². The van der Waals surface area contributed by atoms with Crippen molar-refractivity contribution in [2.45, 2.75) is 46.1 Å². The van der Waals surface area contributed by atoms with E-state index in [0.29, 0.717) is 0 Å². The normalized spacial score (nSPS) is 15.5. The first-order chi connectivity index (χ1) is 6.53. The van der Waals surface area contributed by atoms with Crippen LogP contribution in [0, 0.1) is 13.8 Å². The fourth-order valence-corrected chi connectivity index (χ4v) is 2.64. The first kappa shape index (κ1) is 11.7. The number of nitrogens with one attached hydrogen (secondary N) is 1. The van der Waals surface area contributed by atoms with Crippen molar-refractivity contribution in [3.8, 4) is 0 Å². The molecule has 0 spiro atoms. The van der Waals surface area contributed by atoms with Gasteiger partial charge in [-0.3, -0.25) is 0 Å². The molecule has 1 unspecified atom stereocenters. The van der Waals surface area contributed by atoms with Gasteiger partial charge in [-0.2, -0.15) is 0 Å². The Labute approximate surface area is 90.8 Å². The molecular weight excluding hydrogens is 192 g/mol. The zero-order chi connectivity index (χ0) is 10.8. The second-order valence-electron chi connectivity index (χ2n) is 3.99. The maximum Gasteiger partial charge on any atom is 0.113 e. The van der Waals surface area contributed by atoms with Gasteiger partial charge in [-0.25, -0.2) is 4.98 Å². The molecule has 1 rings (SSSR count). The molecule has 1 N–H and O–H groups in total. The van der Waals surface area contributed by atoms with Crippen LogP contribution in [0.2, 0.25) is 0 Å². The summed E-state index contributed by atoms with van der Waals surface area (Å²) >= 11 is 1.81. The van der Waals surface area contributed by atoms with Crippen LogP contribution >= 0.6 is 11.3 Å². The third kappa shape index (κ3) is 2.15. The smallest absolute Gasteiger partial charge is 0.113 e. The Morgan fingerprint density at radius 2 is 2.07 bits per heavy atom. The molecule has 0 aliphatic rings. The minimum absolute atomic E-state index is 0.0540. The van der Waals surface area contributed by atoms with E-state index in [-0.39, 0.29) is 5.54 Å². The number of hydrogen-bond donors (Lipinski definition) is 1. The first-order valence-corrected chi connectivity index (χ1v) is 5.98. The summed E-state index contributed by atoms with van der Waals surface area (Å²) in [5, 5.41) is 4.60. The lowest BCUT2D eigenvalue weighted by molar-refractivity contribution is 0.363. The van der Waals surface area contributed by atoms with Gasteiger partial charge in [0.1, 0.15) is 5.01 Å². The summed E-state index contributed by atoms with van der Waals surface area (Å²) in [4.78, 5) is 5.96. The minimum Gasteiger partial charge on any atom is -0.309 e. The van der Waals surface area contributed by atoms with Crippen LogP contribution in [-0.4, -0.2) is 12.0 Å². The van der Waals surface area contributed by atoms with Crippen molar-refractivity contribution in [3.63, 3.8) is 0 Å². The molecule has 0 aromatic carbocycles. The average molecular weight is 212 g/mol.